The molecule has 2 rings (SSSR count). The summed E-state index contributed by atoms with van der Waals surface area (Å²) in [6.07, 6.45) is 2.13. The van der Waals surface area contributed by atoms with Crippen LogP contribution >= 0.6 is 11.3 Å². The highest BCUT2D eigenvalue weighted by atomic mass is 32.1. The van der Waals surface area contributed by atoms with E-state index in [9.17, 15) is 0 Å². The molecule has 5 nitrogen and oxygen atoms in total. The van der Waals surface area contributed by atoms with Gasteiger partial charge in [0.1, 0.15) is 5.01 Å². The van der Waals surface area contributed by atoms with Crippen LogP contribution in [0.25, 0.3) is 11.3 Å². The first-order valence-corrected chi connectivity index (χ1v) is 9.81. The quantitative estimate of drug-likeness (QED) is 0.385. The van der Waals surface area contributed by atoms with Crippen LogP contribution in [0.4, 0.5) is 0 Å². The Morgan fingerprint density at radius 2 is 2.00 bits per heavy atom. The summed E-state index contributed by atoms with van der Waals surface area (Å²) in [5.41, 5.74) is 2.16. The second-order valence-corrected chi connectivity index (χ2v) is 6.46. The van der Waals surface area contributed by atoms with Crippen LogP contribution in [-0.4, -0.2) is 37.2 Å². The molecule has 0 fully saturated rings. The van der Waals surface area contributed by atoms with Crippen molar-refractivity contribution in [1.82, 2.24) is 15.6 Å². The number of rotatable bonds is 10. The average molecular weight is 361 g/mol. The molecule has 1 aromatic carbocycles. The lowest BCUT2D eigenvalue weighted by molar-refractivity contribution is 0.143. The number of benzene rings is 1. The van der Waals surface area contributed by atoms with Gasteiger partial charge in [0.15, 0.2) is 5.96 Å². The van der Waals surface area contributed by atoms with Crippen LogP contribution in [0.5, 0.6) is 0 Å². The molecule has 0 saturated heterocycles. The number of nitrogens with one attached hydrogen (secondary N) is 2. The minimum Gasteiger partial charge on any atom is -0.382 e. The van der Waals surface area contributed by atoms with E-state index >= 15 is 0 Å². The Bertz CT molecular complexity index is 627. The van der Waals surface area contributed by atoms with Gasteiger partial charge in [-0.25, -0.2) is 9.98 Å². The van der Waals surface area contributed by atoms with E-state index in [-0.39, 0.29) is 0 Å². The first-order valence-electron chi connectivity index (χ1n) is 8.93. The van der Waals surface area contributed by atoms with Crippen LogP contribution in [0.15, 0.2) is 40.7 Å². The Morgan fingerprint density at radius 1 is 1.16 bits per heavy atom. The van der Waals surface area contributed by atoms with Crippen LogP contribution in [0.1, 0.15) is 31.7 Å². The number of ether oxygens (including phenoxy) is 1. The second-order valence-electron chi connectivity index (χ2n) is 5.52. The third-order valence-corrected chi connectivity index (χ3v) is 4.38. The first-order chi connectivity index (χ1) is 12.3. The zero-order valence-corrected chi connectivity index (χ0v) is 15.9. The second kappa shape index (κ2) is 11.6. The Morgan fingerprint density at radius 3 is 2.76 bits per heavy atom. The summed E-state index contributed by atoms with van der Waals surface area (Å²) >= 11 is 1.65. The SMILES string of the molecule is CCNC(=NCc1nc(-c2ccccc2)cs1)NCCCCOCC. The highest BCUT2D eigenvalue weighted by Gasteiger charge is 2.04. The van der Waals surface area contributed by atoms with Crippen LogP contribution in [0, 0.1) is 0 Å². The van der Waals surface area contributed by atoms with Crippen molar-refractivity contribution in [2.24, 2.45) is 4.99 Å². The molecule has 0 aliphatic rings. The molecule has 0 unspecified atom stereocenters. The number of hydrogen-bond acceptors (Lipinski definition) is 4. The zero-order valence-electron chi connectivity index (χ0n) is 15.1. The fourth-order valence-corrected chi connectivity index (χ4v) is 3.02. The number of unbranched alkanes of at least 4 members (excludes halogenated alkanes) is 1. The van der Waals surface area contributed by atoms with Gasteiger partial charge in [0, 0.05) is 37.2 Å². The van der Waals surface area contributed by atoms with Gasteiger partial charge in [0.25, 0.3) is 0 Å². The van der Waals surface area contributed by atoms with Crippen molar-refractivity contribution in [1.29, 1.82) is 0 Å². The summed E-state index contributed by atoms with van der Waals surface area (Å²) in [5, 5.41) is 9.76. The molecule has 2 N–H and O–H groups in total. The molecule has 1 aromatic heterocycles. The number of aliphatic imine (C=N–C) groups is 1. The van der Waals surface area contributed by atoms with E-state index in [1.54, 1.807) is 11.3 Å². The highest BCUT2D eigenvalue weighted by molar-refractivity contribution is 7.09. The van der Waals surface area contributed by atoms with Gasteiger partial charge in [-0.05, 0) is 26.7 Å². The first kappa shape index (κ1) is 19.4. The molecule has 25 heavy (non-hydrogen) atoms. The van der Waals surface area contributed by atoms with E-state index in [1.807, 2.05) is 25.1 Å². The summed E-state index contributed by atoms with van der Waals surface area (Å²) in [6, 6.07) is 10.2. The lowest BCUT2D eigenvalue weighted by Gasteiger charge is -2.10. The van der Waals surface area contributed by atoms with E-state index in [0.29, 0.717) is 6.54 Å². The van der Waals surface area contributed by atoms with Crippen molar-refractivity contribution in [2.75, 3.05) is 26.3 Å². The van der Waals surface area contributed by atoms with Gasteiger partial charge < -0.3 is 15.4 Å². The summed E-state index contributed by atoms with van der Waals surface area (Å²) in [6.45, 7) is 8.04. The fourth-order valence-electron chi connectivity index (χ4n) is 2.29. The van der Waals surface area contributed by atoms with E-state index in [0.717, 1.165) is 61.4 Å². The molecule has 0 spiro atoms. The molecule has 0 aliphatic heterocycles. The third kappa shape index (κ3) is 7.23. The Labute approximate surface area is 154 Å². The molecule has 6 heteroatoms. The van der Waals surface area contributed by atoms with Crippen molar-refractivity contribution in [3.63, 3.8) is 0 Å². The number of thiazole rings is 1. The minimum absolute atomic E-state index is 0.589. The zero-order chi connectivity index (χ0) is 17.7. The smallest absolute Gasteiger partial charge is 0.191 e. The lowest BCUT2D eigenvalue weighted by atomic mass is 10.2. The number of nitrogens with zero attached hydrogens (tertiary/aromatic N) is 2. The number of aromatic nitrogens is 1. The van der Waals surface area contributed by atoms with Crippen molar-refractivity contribution < 1.29 is 4.74 Å². The molecular weight excluding hydrogens is 332 g/mol. The van der Waals surface area contributed by atoms with Crippen molar-refractivity contribution in [3.8, 4) is 11.3 Å². The van der Waals surface area contributed by atoms with E-state index in [2.05, 4.69) is 45.0 Å². The lowest BCUT2D eigenvalue weighted by Crippen LogP contribution is -2.37. The Balaban J connectivity index is 1.83. The largest absolute Gasteiger partial charge is 0.382 e. The molecule has 0 bridgehead atoms. The predicted molar refractivity (Wildman–Crippen MR) is 106 cm³/mol. The van der Waals surface area contributed by atoms with Crippen molar-refractivity contribution in [2.45, 2.75) is 33.2 Å². The molecule has 0 atom stereocenters. The van der Waals surface area contributed by atoms with Gasteiger partial charge in [-0.3, -0.25) is 0 Å². The van der Waals surface area contributed by atoms with Gasteiger partial charge in [-0.15, -0.1) is 11.3 Å². The normalized spacial score (nSPS) is 11.5. The standard InChI is InChI=1S/C19H28N4OS/c1-3-20-19(21-12-8-9-13-24-4-2)22-14-18-23-17(15-25-18)16-10-6-5-7-11-16/h5-7,10-11,15H,3-4,8-9,12-14H2,1-2H3,(H2,20,21,22). The molecule has 0 amide bonds. The summed E-state index contributed by atoms with van der Waals surface area (Å²) in [7, 11) is 0. The van der Waals surface area contributed by atoms with Crippen LogP contribution in [-0.2, 0) is 11.3 Å². The third-order valence-electron chi connectivity index (χ3n) is 3.55. The Kier molecular flexibility index (Phi) is 9.01. The average Bonchev–Trinajstić information content (AvgIpc) is 3.12. The molecule has 2 aromatic rings. The van der Waals surface area contributed by atoms with Gasteiger partial charge in [-0.1, -0.05) is 30.3 Å². The summed E-state index contributed by atoms with van der Waals surface area (Å²) in [4.78, 5) is 9.32. The highest BCUT2D eigenvalue weighted by Crippen LogP contribution is 2.21. The predicted octanol–water partition coefficient (Wildman–Crippen LogP) is 3.68. The molecule has 0 radical (unpaired) electrons. The van der Waals surface area contributed by atoms with E-state index in [1.165, 1.54) is 0 Å². The van der Waals surface area contributed by atoms with Crippen LogP contribution in [0.3, 0.4) is 0 Å². The molecule has 1 heterocycles. The maximum atomic E-state index is 5.35. The van der Waals surface area contributed by atoms with E-state index < -0.39 is 0 Å². The maximum absolute atomic E-state index is 5.35. The molecule has 0 aliphatic carbocycles. The maximum Gasteiger partial charge on any atom is 0.191 e. The van der Waals surface area contributed by atoms with Gasteiger partial charge >= 0.3 is 0 Å². The van der Waals surface area contributed by atoms with Crippen molar-refractivity contribution in [3.05, 3.63) is 40.7 Å². The molecule has 0 saturated carbocycles. The van der Waals surface area contributed by atoms with Gasteiger partial charge in [0.2, 0.25) is 0 Å². The van der Waals surface area contributed by atoms with Gasteiger partial charge in [0.05, 0.1) is 12.2 Å². The number of guanidine groups is 1. The topological polar surface area (TPSA) is 58.5 Å². The fraction of sp³-hybridized carbons (Fsp3) is 0.474. The van der Waals surface area contributed by atoms with Crippen molar-refractivity contribution >= 4 is 17.3 Å². The molecular formula is C19H28N4OS. The van der Waals surface area contributed by atoms with Crippen LogP contribution in [0.2, 0.25) is 0 Å². The Hall–Kier alpha value is -1.92. The van der Waals surface area contributed by atoms with E-state index in [4.69, 9.17) is 4.74 Å². The minimum atomic E-state index is 0.589. The monoisotopic (exact) mass is 360 g/mol. The molecule has 136 valence electrons. The van der Waals surface area contributed by atoms with Gasteiger partial charge in [-0.2, -0.15) is 0 Å². The summed E-state index contributed by atoms with van der Waals surface area (Å²) < 4.78 is 5.35. The number of hydrogen-bond donors (Lipinski definition) is 2. The summed E-state index contributed by atoms with van der Waals surface area (Å²) in [5.74, 6) is 0.843. The van der Waals surface area contributed by atoms with Crippen LogP contribution < -0.4 is 10.6 Å².